The number of benzene rings is 2. The fourth-order valence-corrected chi connectivity index (χ4v) is 3.03. The molecule has 0 aromatic heterocycles. The number of aromatic carboxylic acids is 1. The molecule has 0 radical (unpaired) electrons. The molecule has 0 heterocycles. The van der Waals surface area contributed by atoms with Crippen LogP contribution in [0.3, 0.4) is 0 Å². The maximum Gasteiger partial charge on any atom is 0.335 e. The molecule has 0 saturated heterocycles. The van der Waals surface area contributed by atoms with E-state index in [2.05, 4.69) is 0 Å². The molecule has 0 bridgehead atoms. The number of carboxylic acids is 1. The van der Waals surface area contributed by atoms with Crippen molar-refractivity contribution in [2.24, 2.45) is 0 Å². The van der Waals surface area contributed by atoms with Crippen LogP contribution in [0.25, 0.3) is 0 Å². The summed E-state index contributed by atoms with van der Waals surface area (Å²) in [5, 5.41) is 8.95. The van der Waals surface area contributed by atoms with Crippen molar-refractivity contribution in [2.75, 3.05) is 7.11 Å². The van der Waals surface area contributed by atoms with Gasteiger partial charge in [-0.15, -0.1) is 0 Å². The van der Waals surface area contributed by atoms with Gasteiger partial charge in [0.1, 0.15) is 0 Å². The van der Waals surface area contributed by atoms with Crippen molar-refractivity contribution in [3.8, 4) is 11.5 Å². The second kappa shape index (κ2) is 7.38. The van der Waals surface area contributed by atoms with Gasteiger partial charge in [0.15, 0.2) is 17.3 Å². The lowest BCUT2D eigenvalue weighted by Crippen LogP contribution is -2.12. The summed E-state index contributed by atoms with van der Waals surface area (Å²) >= 11 is 0. The summed E-state index contributed by atoms with van der Waals surface area (Å²) in [6.07, 6.45) is 4.49. The third-order valence-corrected chi connectivity index (χ3v) is 4.42. The quantitative estimate of drug-likeness (QED) is 0.806. The Hall–Kier alpha value is -2.82. The van der Waals surface area contributed by atoms with Gasteiger partial charge < -0.3 is 14.6 Å². The molecule has 5 heteroatoms. The predicted octanol–water partition coefficient (Wildman–Crippen LogP) is 3.95. The number of carbonyl (C=O) groups excluding carboxylic acids is 1. The maximum absolute atomic E-state index is 12.7. The molecule has 2 aromatic carbocycles. The summed E-state index contributed by atoms with van der Waals surface area (Å²) in [5.74, 6) is -0.0290. The van der Waals surface area contributed by atoms with Gasteiger partial charge >= 0.3 is 5.97 Å². The van der Waals surface area contributed by atoms with Crippen molar-refractivity contribution in [1.82, 2.24) is 0 Å². The fourth-order valence-electron chi connectivity index (χ4n) is 3.03. The van der Waals surface area contributed by atoms with Crippen LogP contribution in [-0.2, 0) is 0 Å². The zero-order chi connectivity index (χ0) is 17.8. The summed E-state index contributed by atoms with van der Waals surface area (Å²) in [6, 6.07) is 11.0. The SMILES string of the molecule is COc1ccc(C(=O)c2ccc(C(=O)O)cc2)cc1OC1CCCC1. The van der Waals surface area contributed by atoms with Crippen molar-refractivity contribution in [1.29, 1.82) is 0 Å². The molecule has 0 amide bonds. The van der Waals surface area contributed by atoms with Gasteiger partial charge in [0, 0.05) is 11.1 Å². The molecule has 1 aliphatic carbocycles. The van der Waals surface area contributed by atoms with Crippen molar-refractivity contribution in [2.45, 2.75) is 31.8 Å². The van der Waals surface area contributed by atoms with Gasteiger partial charge in [-0.05, 0) is 56.0 Å². The molecule has 25 heavy (non-hydrogen) atoms. The molecule has 1 N–H and O–H groups in total. The van der Waals surface area contributed by atoms with E-state index in [9.17, 15) is 9.59 Å². The maximum atomic E-state index is 12.7. The first-order valence-corrected chi connectivity index (χ1v) is 8.31. The highest BCUT2D eigenvalue weighted by atomic mass is 16.5. The van der Waals surface area contributed by atoms with Gasteiger partial charge in [-0.1, -0.05) is 12.1 Å². The van der Waals surface area contributed by atoms with Crippen LogP contribution >= 0.6 is 0 Å². The van der Waals surface area contributed by atoms with E-state index in [1.807, 2.05) is 0 Å². The first-order chi connectivity index (χ1) is 12.1. The molecule has 1 aliphatic rings. The third kappa shape index (κ3) is 3.82. The molecule has 0 spiro atoms. The highest BCUT2D eigenvalue weighted by Gasteiger charge is 2.20. The second-order valence-electron chi connectivity index (χ2n) is 6.10. The third-order valence-electron chi connectivity index (χ3n) is 4.42. The van der Waals surface area contributed by atoms with E-state index in [0.29, 0.717) is 22.6 Å². The minimum atomic E-state index is -1.02. The van der Waals surface area contributed by atoms with Gasteiger partial charge in [-0.25, -0.2) is 4.79 Å². The zero-order valence-corrected chi connectivity index (χ0v) is 14.0. The Morgan fingerprint density at radius 3 is 2.12 bits per heavy atom. The fraction of sp³-hybridized carbons (Fsp3) is 0.300. The van der Waals surface area contributed by atoms with E-state index in [-0.39, 0.29) is 17.5 Å². The van der Waals surface area contributed by atoms with Gasteiger partial charge in [0.05, 0.1) is 18.8 Å². The molecule has 1 fully saturated rings. The minimum Gasteiger partial charge on any atom is -0.493 e. The first-order valence-electron chi connectivity index (χ1n) is 8.31. The molecular weight excluding hydrogens is 320 g/mol. The number of carbonyl (C=O) groups is 2. The Bertz CT molecular complexity index is 773. The molecule has 1 saturated carbocycles. The van der Waals surface area contributed by atoms with Crippen molar-refractivity contribution in [3.63, 3.8) is 0 Å². The number of ether oxygens (including phenoxy) is 2. The van der Waals surface area contributed by atoms with E-state index in [0.717, 1.165) is 25.7 Å². The average molecular weight is 340 g/mol. The van der Waals surface area contributed by atoms with E-state index in [4.69, 9.17) is 14.6 Å². The Labute approximate surface area is 146 Å². The smallest absolute Gasteiger partial charge is 0.335 e. The highest BCUT2D eigenvalue weighted by Crippen LogP contribution is 2.33. The molecule has 5 nitrogen and oxygen atoms in total. The molecular formula is C20H20O5. The lowest BCUT2D eigenvalue weighted by Gasteiger charge is -2.16. The van der Waals surface area contributed by atoms with Gasteiger partial charge in [-0.2, -0.15) is 0 Å². The standard InChI is InChI=1S/C20H20O5/c1-24-17-11-10-15(12-18(17)25-16-4-2-3-5-16)19(21)13-6-8-14(9-7-13)20(22)23/h6-12,16H,2-5H2,1H3,(H,22,23). The summed E-state index contributed by atoms with van der Waals surface area (Å²) < 4.78 is 11.4. The molecule has 0 aliphatic heterocycles. The van der Waals surface area contributed by atoms with Crippen LogP contribution in [0.1, 0.15) is 52.0 Å². The van der Waals surface area contributed by atoms with E-state index in [1.165, 1.54) is 24.3 Å². The summed E-state index contributed by atoms with van der Waals surface area (Å²) in [6.45, 7) is 0. The lowest BCUT2D eigenvalue weighted by atomic mass is 10.0. The zero-order valence-electron chi connectivity index (χ0n) is 14.0. The average Bonchev–Trinajstić information content (AvgIpc) is 3.14. The second-order valence-corrected chi connectivity index (χ2v) is 6.10. The molecule has 0 atom stereocenters. The largest absolute Gasteiger partial charge is 0.493 e. The van der Waals surface area contributed by atoms with Crippen LogP contribution in [0.2, 0.25) is 0 Å². The molecule has 0 unspecified atom stereocenters. The van der Waals surface area contributed by atoms with E-state index in [1.54, 1.807) is 25.3 Å². The number of ketones is 1. The Kier molecular flexibility index (Phi) is 5.03. The summed E-state index contributed by atoms with van der Waals surface area (Å²) in [7, 11) is 1.57. The summed E-state index contributed by atoms with van der Waals surface area (Å²) in [5.41, 5.74) is 1.07. The van der Waals surface area contributed by atoms with Crippen molar-refractivity contribution < 1.29 is 24.2 Å². The van der Waals surface area contributed by atoms with Crippen LogP contribution in [0.4, 0.5) is 0 Å². The predicted molar refractivity (Wildman–Crippen MR) is 92.7 cm³/mol. The normalized spacial score (nSPS) is 14.3. The van der Waals surface area contributed by atoms with E-state index < -0.39 is 5.97 Å². The van der Waals surface area contributed by atoms with Gasteiger partial charge in [0.2, 0.25) is 0 Å². The molecule has 3 rings (SSSR count). The summed E-state index contributed by atoms with van der Waals surface area (Å²) in [4.78, 5) is 23.6. The van der Waals surface area contributed by atoms with Crippen LogP contribution in [0.15, 0.2) is 42.5 Å². The Morgan fingerprint density at radius 2 is 1.52 bits per heavy atom. The van der Waals surface area contributed by atoms with Gasteiger partial charge in [-0.3, -0.25) is 4.79 Å². The van der Waals surface area contributed by atoms with Crippen LogP contribution in [-0.4, -0.2) is 30.1 Å². The van der Waals surface area contributed by atoms with Crippen molar-refractivity contribution >= 4 is 11.8 Å². The number of hydrogen-bond donors (Lipinski definition) is 1. The first kappa shape index (κ1) is 17.0. The number of hydrogen-bond acceptors (Lipinski definition) is 4. The Morgan fingerprint density at radius 1 is 0.920 bits per heavy atom. The lowest BCUT2D eigenvalue weighted by molar-refractivity contribution is 0.0696. The topological polar surface area (TPSA) is 72.8 Å². The van der Waals surface area contributed by atoms with Crippen molar-refractivity contribution in [3.05, 3.63) is 59.2 Å². The number of carboxylic acid groups (broad SMARTS) is 1. The minimum absolute atomic E-state index is 0.150. The molecule has 2 aromatic rings. The highest BCUT2D eigenvalue weighted by molar-refractivity contribution is 6.09. The van der Waals surface area contributed by atoms with Crippen LogP contribution in [0.5, 0.6) is 11.5 Å². The molecule has 130 valence electrons. The number of methoxy groups -OCH3 is 1. The van der Waals surface area contributed by atoms with E-state index >= 15 is 0 Å². The van der Waals surface area contributed by atoms with Crippen LogP contribution in [0, 0.1) is 0 Å². The number of rotatable bonds is 6. The van der Waals surface area contributed by atoms with Crippen LogP contribution < -0.4 is 9.47 Å². The van der Waals surface area contributed by atoms with Gasteiger partial charge in [0.25, 0.3) is 0 Å². The monoisotopic (exact) mass is 340 g/mol. The Balaban J connectivity index is 1.85.